The Balaban J connectivity index is 2.22. The van der Waals surface area contributed by atoms with Crippen molar-refractivity contribution < 1.29 is 4.39 Å². The van der Waals surface area contributed by atoms with Gasteiger partial charge in [0.1, 0.15) is 5.82 Å². The van der Waals surface area contributed by atoms with Gasteiger partial charge in [0.25, 0.3) is 0 Å². The summed E-state index contributed by atoms with van der Waals surface area (Å²) in [6, 6.07) is 5.39. The molecule has 0 radical (unpaired) electrons. The average molecular weight is 240 g/mol. The van der Waals surface area contributed by atoms with Crippen LogP contribution in [0.25, 0.3) is 0 Å². The molecule has 0 saturated carbocycles. The molecule has 1 aromatic carbocycles. The highest BCUT2D eigenvalue weighted by Crippen LogP contribution is 2.34. The smallest absolute Gasteiger partial charge is 0.126 e. The molecule has 1 aromatic rings. The highest BCUT2D eigenvalue weighted by Gasteiger charge is 2.26. The van der Waals surface area contributed by atoms with Crippen LogP contribution in [0.5, 0.6) is 0 Å². The standard InChI is InChI=1S/C12H17FN2S/c1-8-6-9(2-3-11(8)13)12(15-14)10-4-5-16-7-10/h2-3,6,10,12,15H,4-5,7,14H2,1H3. The lowest BCUT2D eigenvalue weighted by molar-refractivity contribution is 0.400. The Morgan fingerprint density at radius 3 is 2.94 bits per heavy atom. The van der Waals surface area contributed by atoms with Crippen molar-refractivity contribution in [1.29, 1.82) is 0 Å². The average Bonchev–Trinajstić information content (AvgIpc) is 2.78. The van der Waals surface area contributed by atoms with E-state index >= 15 is 0 Å². The molecule has 0 spiro atoms. The second-order valence-electron chi connectivity index (χ2n) is 4.28. The van der Waals surface area contributed by atoms with Gasteiger partial charge in [0.15, 0.2) is 0 Å². The molecule has 0 bridgehead atoms. The Bertz CT molecular complexity index is 364. The quantitative estimate of drug-likeness (QED) is 0.629. The molecule has 2 nitrogen and oxygen atoms in total. The molecular formula is C12H17FN2S. The molecule has 88 valence electrons. The molecule has 3 N–H and O–H groups in total. The first-order valence-corrected chi connectivity index (χ1v) is 6.67. The zero-order valence-electron chi connectivity index (χ0n) is 9.37. The summed E-state index contributed by atoms with van der Waals surface area (Å²) in [5.41, 5.74) is 4.65. The van der Waals surface area contributed by atoms with Crippen LogP contribution in [0.3, 0.4) is 0 Å². The highest BCUT2D eigenvalue weighted by atomic mass is 32.2. The van der Waals surface area contributed by atoms with Gasteiger partial charge in [-0.05, 0) is 48.0 Å². The number of hydrogen-bond donors (Lipinski definition) is 2. The molecule has 1 aliphatic rings. The van der Waals surface area contributed by atoms with Gasteiger partial charge >= 0.3 is 0 Å². The topological polar surface area (TPSA) is 38.0 Å². The maximum atomic E-state index is 13.2. The molecule has 1 saturated heterocycles. The van der Waals surface area contributed by atoms with E-state index in [1.165, 1.54) is 18.2 Å². The fraction of sp³-hybridized carbons (Fsp3) is 0.500. The van der Waals surface area contributed by atoms with Crippen LogP contribution >= 0.6 is 11.8 Å². The van der Waals surface area contributed by atoms with Crippen molar-refractivity contribution in [3.8, 4) is 0 Å². The van der Waals surface area contributed by atoms with Crippen LogP contribution in [0.1, 0.15) is 23.6 Å². The summed E-state index contributed by atoms with van der Waals surface area (Å²) >= 11 is 1.96. The summed E-state index contributed by atoms with van der Waals surface area (Å²) in [4.78, 5) is 0. The van der Waals surface area contributed by atoms with E-state index in [9.17, 15) is 4.39 Å². The number of hydrogen-bond acceptors (Lipinski definition) is 3. The molecule has 2 unspecified atom stereocenters. The monoisotopic (exact) mass is 240 g/mol. The lowest BCUT2D eigenvalue weighted by Crippen LogP contribution is -2.33. The van der Waals surface area contributed by atoms with Crippen LogP contribution in [0, 0.1) is 18.7 Å². The summed E-state index contributed by atoms with van der Waals surface area (Å²) in [6.45, 7) is 1.79. The first kappa shape index (κ1) is 11.9. The molecule has 0 aromatic heterocycles. The lowest BCUT2D eigenvalue weighted by Gasteiger charge is -2.22. The number of aryl methyl sites for hydroxylation is 1. The number of rotatable bonds is 3. The van der Waals surface area contributed by atoms with Crippen LogP contribution in [0.4, 0.5) is 4.39 Å². The van der Waals surface area contributed by atoms with Gasteiger partial charge in [-0.2, -0.15) is 11.8 Å². The Morgan fingerprint density at radius 2 is 2.38 bits per heavy atom. The Morgan fingerprint density at radius 1 is 1.56 bits per heavy atom. The molecule has 1 heterocycles. The van der Waals surface area contributed by atoms with Crippen molar-refractivity contribution in [2.75, 3.05) is 11.5 Å². The fourth-order valence-electron chi connectivity index (χ4n) is 2.18. The largest absolute Gasteiger partial charge is 0.271 e. The van der Waals surface area contributed by atoms with Crippen molar-refractivity contribution in [3.63, 3.8) is 0 Å². The molecule has 4 heteroatoms. The zero-order chi connectivity index (χ0) is 11.5. The second kappa shape index (κ2) is 5.17. The first-order chi connectivity index (χ1) is 7.72. The van der Waals surface area contributed by atoms with Crippen LogP contribution in [-0.2, 0) is 0 Å². The van der Waals surface area contributed by atoms with Gasteiger partial charge in [-0.1, -0.05) is 12.1 Å². The number of thioether (sulfide) groups is 1. The van der Waals surface area contributed by atoms with E-state index in [-0.39, 0.29) is 11.9 Å². The van der Waals surface area contributed by atoms with Crippen molar-refractivity contribution in [3.05, 3.63) is 35.1 Å². The molecule has 1 fully saturated rings. The van der Waals surface area contributed by atoms with Gasteiger partial charge in [0, 0.05) is 6.04 Å². The molecule has 1 aliphatic heterocycles. The van der Waals surface area contributed by atoms with Crippen molar-refractivity contribution in [1.82, 2.24) is 5.43 Å². The predicted octanol–water partition coefficient (Wildman–Crippen LogP) is 2.39. The molecule has 2 atom stereocenters. The first-order valence-electron chi connectivity index (χ1n) is 5.52. The van der Waals surface area contributed by atoms with E-state index in [1.54, 1.807) is 6.92 Å². The third-order valence-electron chi connectivity index (χ3n) is 3.16. The minimum Gasteiger partial charge on any atom is -0.271 e. The number of nitrogens with one attached hydrogen (secondary N) is 1. The van der Waals surface area contributed by atoms with Gasteiger partial charge in [-0.15, -0.1) is 0 Å². The maximum absolute atomic E-state index is 13.2. The Kier molecular flexibility index (Phi) is 3.84. The second-order valence-corrected chi connectivity index (χ2v) is 5.43. The van der Waals surface area contributed by atoms with Crippen LogP contribution in [0.15, 0.2) is 18.2 Å². The summed E-state index contributed by atoms with van der Waals surface area (Å²) in [5, 5.41) is 0. The summed E-state index contributed by atoms with van der Waals surface area (Å²) in [5.74, 6) is 8.35. The van der Waals surface area contributed by atoms with Gasteiger partial charge in [0.05, 0.1) is 0 Å². The predicted molar refractivity (Wildman–Crippen MR) is 66.6 cm³/mol. The van der Waals surface area contributed by atoms with Crippen molar-refractivity contribution >= 4 is 11.8 Å². The Hall–Kier alpha value is -0.580. The van der Waals surface area contributed by atoms with E-state index in [4.69, 9.17) is 5.84 Å². The van der Waals surface area contributed by atoms with Crippen molar-refractivity contribution in [2.45, 2.75) is 19.4 Å². The van der Waals surface area contributed by atoms with Crippen molar-refractivity contribution in [2.24, 2.45) is 11.8 Å². The lowest BCUT2D eigenvalue weighted by atomic mass is 9.92. The van der Waals surface area contributed by atoms with E-state index < -0.39 is 0 Å². The van der Waals surface area contributed by atoms with E-state index in [1.807, 2.05) is 23.9 Å². The van der Waals surface area contributed by atoms with E-state index in [0.29, 0.717) is 11.5 Å². The van der Waals surface area contributed by atoms with Crippen LogP contribution in [-0.4, -0.2) is 11.5 Å². The molecule has 2 rings (SSSR count). The van der Waals surface area contributed by atoms with E-state index in [0.717, 1.165) is 11.3 Å². The summed E-state index contributed by atoms with van der Waals surface area (Å²) in [7, 11) is 0. The molecule has 16 heavy (non-hydrogen) atoms. The van der Waals surface area contributed by atoms with Gasteiger partial charge in [-0.3, -0.25) is 11.3 Å². The number of halogens is 1. The number of benzene rings is 1. The normalized spacial score (nSPS) is 22.3. The highest BCUT2D eigenvalue weighted by molar-refractivity contribution is 7.99. The number of nitrogens with two attached hydrogens (primary N) is 1. The van der Waals surface area contributed by atoms with Crippen LogP contribution in [0.2, 0.25) is 0 Å². The minimum absolute atomic E-state index is 0.147. The van der Waals surface area contributed by atoms with Crippen LogP contribution < -0.4 is 11.3 Å². The maximum Gasteiger partial charge on any atom is 0.126 e. The molecule has 0 amide bonds. The minimum atomic E-state index is -0.152. The third kappa shape index (κ3) is 2.39. The summed E-state index contributed by atoms with van der Waals surface area (Å²) in [6.07, 6.45) is 1.18. The van der Waals surface area contributed by atoms with Gasteiger partial charge < -0.3 is 0 Å². The summed E-state index contributed by atoms with van der Waals surface area (Å²) < 4.78 is 13.2. The molecular weight excluding hydrogens is 223 g/mol. The Labute approximate surface area is 99.8 Å². The zero-order valence-corrected chi connectivity index (χ0v) is 10.2. The SMILES string of the molecule is Cc1cc(C(NN)C2CCSC2)ccc1F. The molecule has 0 aliphatic carbocycles. The van der Waals surface area contributed by atoms with Gasteiger partial charge in [-0.25, -0.2) is 4.39 Å². The van der Waals surface area contributed by atoms with E-state index in [2.05, 4.69) is 5.43 Å². The fourth-order valence-corrected chi connectivity index (χ4v) is 3.48. The van der Waals surface area contributed by atoms with Gasteiger partial charge in [0.2, 0.25) is 0 Å². The number of hydrazine groups is 1. The third-order valence-corrected chi connectivity index (χ3v) is 4.35.